The molecule has 136 valence electrons. The summed E-state index contributed by atoms with van der Waals surface area (Å²) in [7, 11) is 0. The van der Waals surface area contributed by atoms with Crippen LogP contribution in [0.4, 0.5) is 20.2 Å². The molecule has 1 fully saturated rings. The van der Waals surface area contributed by atoms with Crippen LogP contribution in [-0.4, -0.2) is 11.8 Å². The summed E-state index contributed by atoms with van der Waals surface area (Å²) in [5, 5.41) is 5.19. The highest BCUT2D eigenvalue weighted by Crippen LogP contribution is 2.30. The number of anilines is 2. The molecular formula is C19H17BrF2N2O2. The van der Waals surface area contributed by atoms with Crippen molar-refractivity contribution >= 4 is 39.1 Å². The lowest BCUT2D eigenvalue weighted by Crippen LogP contribution is -2.28. The Morgan fingerprint density at radius 3 is 2.42 bits per heavy atom. The van der Waals surface area contributed by atoms with Gasteiger partial charge in [0.25, 0.3) is 5.91 Å². The molecule has 0 radical (unpaired) electrons. The van der Waals surface area contributed by atoms with E-state index in [1.54, 1.807) is 6.92 Å². The zero-order chi connectivity index (χ0) is 18.8. The van der Waals surface area contributed by atoms with Crippen LogP contribution in [0.25, 0.3) is 0 Å². The summed E-state index contributed by atoms with van der Waals surface area (Å²) in [4.78, 5) is 24.6. The molecule has 4 nitrogen and oxygen atoms in total. The van der Waals surface area contributed by atoms with Gasteiger partial charge in [-0.15, -0.1) is 0 Å². The van der Waals surface area contributed by atoms with E-state index in [0.717, 1.165) is 25.3 Å². The van der Waals surface area contributed by atoms with E-state index in [4.69, 9.17) is 0 Å². The van der Waals surface area contributed by atoms with Crippen molar-refractivity contribution in [2.45, 2.75) is 26.2 Å². The molecule has 7 heteroatoms. The number of hydrogen-bond donors (Lipinski definition) is 2. The van der Waals surface area contributed by atoms with E-state index in [2.05, 4.69) is 26.6 Å². The zero-order valence-electron chi connectivity index (χ0n) is 14.0. The molecule has 2 amide bonds. The molecule has 26 heavy (non-hydrogen) atoms. The van der Waals surface area contributed by atoms with Gasteiger partial charge in [-0.25, -0.2) is 8.78 Å². The van der Waals surface area contributed by atoms with Crippen molar-refractivity contribution in [3.8, 4) is 0 Å². The van der Waals surface area contributed by atoms with Crippen molar-refractivity contribution in [3.63, 3.8) is 0 Å². The maximum absolute atomic E-state index is 14.1. The summed E-state index contributed by atoms with van der Waals surface area (Å²) in [5.41, 5.74) is 0.947. The van der Waals surface area contributed by atoms with Crippen LogP contribution >= 0.6 is 15.9 Å². The van der Waals surface area contributed by atoms with Gasteiger partial charge in [0.2, 0.25) is 5.91 Å². The Kier molecular flexibility index (Phi) is 5.36. The lowest BCUT2D eigenvalue weighted by Gasteiger charge is -2.24. The summed E-state index contributed by atoms with van der Waals surface area (Å²) in [6, 6.07) is 6.64. The Balaban J connectivity index is 1.81. The first kappa shape index (κ1) is 18.5. The predicted octanol–water partition coefficient (Wildman–Crippen LogP) is 5.03. The van der Waals surface area contributed by atoms with Crippen molar-refractivity contribution in [3.05, 3.63) is 57.6 Å². The number of carbonyl (C=O) groups is 2. The normalized spacial score (nSPS) is 13.8. The molecule has 0 spiro atoms. The Labute approximate surface area is 158 Å². The average molecular weight is 423 g/mol. The van der Waals surface area contributed by atoms with Crippen LogP contribution in [0, 0.1) is 24.5 Å². The van der Waals surface area contributed by atoms with Crippen LogP contribution in [0.3, 0.4) is 0 Å². The molecule has 0 saturated heterocycles. The first-order valence-electron chi connectivity index (χ1n) is 8.22. The third kappa shape index (κ3) is 3.93. The van der Waals surface area contributed by atoms with E-state index in [1.807, 2.05) is 0 Å². The van der Waals surface area contributed by atoms with E-state index in [-0.39, 0.29) is 33.4 Å². The summed E-state index contributed by atoms with van der Waals surface area (Å²) in [6.07, 6.45) is 2.58. The number of aryl methyl sites for hydroxylation is 1. The molecule has 2 aromatic carbocycles. The molecule has 0 aromatic heterocycles. The number of halogens is 3. The number of nitrogens with one attached hydrogen (secondary N) is 2. The lowest BCUT2D eigenvalue weighted by molar-refractivity contribution is -0.122. The van der Waals surface area contributed by atoms with Crippen molar-refractivity contribution < 1.29 is 18.4 Å². The fraction of sp³-hybridized carbons (Fsp3) is 0.263. The SMILES string of the molecule is Cc1cc(NC(=O)c2cc(NC(=O)C3CCC3)c(F)cc2Br)ccc1F. The van der Waals surface area contributed by atoms with E-state index in [0.29, 0.717) is 11.3 Å². The summed E-state index contributed by atoms with van der Waals surface area (Å²) < 4.78 is 27.7. The van der Waals surface area contributed by atoms with Crippen LogP contribution in [0.5, 0.6) is 0 Å². The van der Waals surface area contributed by atoms with Gasteiger partial charge in [0.05, 0.1) is 11.3 Å². The molecule has 0 atom stereocenters. The highest BCUT2D eigenvalue weighted by Gasteiger charge is 2.26. The standard InChI is InChI=1S/C19H17BrF2N2O2/c1-10-7-12(5-6-15(10)21)23-19(26)13-8-17(16(22)9-14(13)20)24-18(25)11-3-2-4-11/h5-9,11H,2-4H2,1H3,(H,23,26)(H,24,25). The highest BCUT2D eigenvalue weighted by atomic mass is 79.9. The maximum Gasteiger partial charge on any atom is 0.256 e. The number of carbonyl (C=O) groups excluding carboxylic acids is 2. The van der Waals surface area contributed by atoms with Crippen molar-refractivity contribution in [2.24, 2.45) is 5.92 Å². The first-order valence-corrected chi connectivity index (χ1v) is 9.02. The van der Waals surface area contributed by atoms with Gasteiger partial charge in [-0.2, -0.15) is 0 Å². The summed E-state index contributed by atoms with van der Waals surface area (Å²) in [5.74, 6) is -1.83. The van der Waals surface area contributed by atoms with Gasteiger partial charge in [0, 0.05) is 16.1 Å². The number of hydrogen-bond acceptors (Lipinski definition) is 2. The number of rotatable bonds is 4. The molecule has 3 rings (SSSR count). The van der Waals surface area contributed by atoms with Gasteiger partial charge in [-0.3, -0.25) is 9.59 Å². The van der Waals surface area contributed by atoms with Gasteiger partial charge in [0.1, 0.15) is 11.6 Å². The average Bonchev–Trinajstić information content (AvgIpc) is 2.51. The van der Waals surface area contributed by atoms with Crippen LogP contribution in [0.15, 0.2) is 34.8 Å². The Morgan fingerprint density at radius 1 is 1.08 bits per heavy atom. The summed E-state index contributed by atoms with van der Waals surface area (Å²) >= 11 is 3.17. The van der Waals surface area contributed by atoms with E-state index in [1.165, 1.54) is 24.3 Å². The molecule has 2 aromatic rings. The fourth-order valence-electron chi connectivity index (χ4n) is 2.64. The second kappa shape index (κ2) is 7.53. The second-order valence-corrected chi connectivity index (χ2v) is 7.20. The highest BCUT2D eigenvalue weighted by molar-refractivity contribution is 9.10. The van der Waals surface area contributed by atoms with Gasteiger partial charge in [-0.05, 0) is 71.6 Å². The molecule has 1 saturated carbocycles. The van der Waals surface area contributed by atoms with Crippen LogP contribution in [0.1, 0.15) is 35.2 Å². The molecule has 0 aliphatic heterocycles. The van der Waals surface area contributed by atoms with Gasteiger partial charge in [0.15, 0.2) is 0 Å². The summed E-state index contributed by atoms with van der Waals surface area (Å²) in [6.45, 7) is 1.59. The Morgan fingerprint density at radius 2 is 1.81 bits per heavy atom. The zero-order valence-corrected chi connectivity index (χ0v) is 15.6. The molecule has 1 aliphatic carbocycles. The van der Waals surface area contributed by atoms with Crippen LogP contribution in [-0.2, 0) is 4.79 Å². The monoisotopic (exact) mass is 422 g/mol. The quantitative estimate of drug-likeness (QED) is 0.725. The molecule has 0 heterocycles. The minimum absolute atomic E-state index is 0.0365. The van der Waals surface area contributed by atoms with Gasteiger partial charge < -0.3 is 10.6 Å². The van der Waals surface area contributed by atoms with Gasteiger partial charge >= 0.3 is 0 Å². The third-order valence-corrected chi connectivity index (χ3v) is 5.11. The number of benzene rings is 2. The van der Waals surface area contributed by atoms with E-state index < -0.39 is 11.7 Å². The molecule has 1 aliphatic rings. The fourth-order valence-corrected chi connectivity index (χ4v) is 3.14. The van der Waals surface area contributed by atoms with Crippen molar-refractivity contribution in [2.75, 3.05) is 10.6 Å². The van der Waals surface area contributed by atoms with Crippen molar-refractivity contribution in [1.82, 2.24) is 0 Å². The lowest BCUT2D eigenvalue weighted by atomic mass is 9.85. The van der Waals surface area contributed by atoms with Crippen LogP contribution in [0.2, 0.25) is 0 Å². The van der Waals surface area contributed by atoms with E-state index >= 15 is 0 Å². The Hall–Kier alpha value is -2.28. The molecule has 0 unspecified atom stereocenters. The third-order valence-electron chi connectivity index (χ3n) is 4.45. The predicted molar refractivity (Wildman–Crippen MR) is 99.2 cm³/mol. The molecule has 2 N–H and O–H groups in total. The minimum atomic E-state index is -0.626. The second-order valence-electron chi connectivity index (χ2n) is 6.35. The first-order chi connectivity index (χ1) is 12.3. The van der Waals surface area contributed by atoms with Crippen molar-refractivity contribution in [1.29, 1.82) is 0 Å². The largest absolute Gasteiger partial charge is 0.323 e. The topological polar surface area (TPSA) is 58.2 Å². The maximum atomic E-state index is 14.1. The minimum Gasteiger partial charge on any atom is -0.323 e. The smallest absolute Gasteiger partial charge is 0.256 e. The molecule has 0 bridgehead atoms. The van der Waals surface area contributed by atoms with Gasteiger partial charge in [-0.1, -0.05) is 6.42 Å². The van der Waals surface area contributed by atoms with Crippen LogP contribution < -0.4 is 10.6 Å². The van der Waals surface area contributed by atoms with E-state index in [9.17, 15) is 18.4 Å². The number of amides is 2. The molecular weight excluding hydrogens is 406 g/mol. The Bertz CT molecular complexity index is 882.